The lowest BCUT2D eigenvalue weighted by molar-refractivity contribution is 0.300. The summed E-state index contributed by atoms with van der Waals surface area (Å²) in [7, 11) is 0. The van der Waals surface area contributed by atoms with Crippen LogP contribution in [-0.2, 0) is 6.54 Å². The summed E-state index contributed by atoms with van der Waals surface area (Å²) in [5.74, 6) is 3.00. The second-order valence-electron chi connectivity index (χ2n) is 9.27. The molecule has 204 valence electrons. The summed E-state index contributed by atoms with van der Waals surface area (Å²) in [6, 6.07) is 27.0. The summed E-state index contributed by atoms with van der Waals surface area (Å²) in [6.07, 6.45) is 4.22. The molecule has 2 aromatic heterocycles. The number of aryl methyl sites for hydroxylation is 1. The molecular formula is C31H31N5O4. The maximum Gasteiger partial charge on any atom is 0.328 e. The van der Waals surface area contributed by atoms with Crippen molar-refractivity contribution in [3.63, 3.8) is 0 Å². The van der Waals surface area contributed by atoms with E-state index in [0.717, 1.165) is 41.2 Å². The summed E-state index contributed by atoms with van der Waals surface area (Å²) in [5, 5.41) is 9.12. The normalized spacial score (nSPS) is 10.9. The lowest BCUT2D eigenvalue weighted by Crippen LogP contribution is -2.29. The number of aromatic nitrogens is 5. The monoisotopic (exact) mass is 537 g/mol. The van der Waals surface area contributed by atoms with Gasteiger partial charge in [0.2, 0.25) is 0 Å². The number of para-hydroxylation sites is 1. The standard InChI is InChI=1S/C31H31N5O4/c1-2-3-21-39-26-14-10-23(11-15-26)29-33-34-30(36(29)25-8-5-4-6-9-25)24-12-16-27(17-13-24)40-22-7-19-35-20-18-28(37)32-31(35)38/h4-6,8-18,20H,2-3,7,19,21-22H2,1H3,(H,32,37,38). The van der Waals surface area contributed by atoms with Crippen molar-refractivity contribution >= 4 is 0 Å². The fraction of sp³-hybridized carbons (Fsp3) is 0.226. The Bertz CT molecular complexity index is 1640. The minimum atomic E-state index is -0.421. The Morgan fingerprint density at radius 3 is 1.85 bits per heavy atom. The summed E-state index contributed by atoms with van der Waals surface area (Å²) < 4.78 is 15.2. The first kappa shape index (κ1) is 26.7. The second kappa shape index (κ2) is 12.8. The minimum Gasteiger partial charge on any atom is -0.494 e. The quantitative estimate of drug-likeness (QED) is 0.222. The molecule has 0 saturated carbocycles. The Balaban J connectivity index is 1.32. The van der Waals surface area contributed by atoms with Crippen LogP contribution in [0.25, 0.3) is 28.5 Å². The molecule has 0 aliphatic rings. The average molecular weight is 538 g/mol. The zero-order valence-electron chi connectivity index (χ0n) is 22.3. The van der Waals surface area contributed by atoms with Crippen LogP contribution in [0.2, 0.25) is 0 Å². The van der Waals surface area contributed by atoms with E-state index in [9.17, 15) is 9.59 Å². The Morgan fingerprint density at radius 1 is 0.725 bits per heavy atom. The molecule has 0 saturated heterocycles. The van der Waals surface area contributed by atoms with E-state index in [1.54, 1.807) is 0 Å². The Labute approximate surface area is 231 Å². The van der Waals surface area contributed by atoms with Crippen molar-refractivity contribution in [3.05, 3.63) is 112 Å². The number of hydrogen-bond acceptors (Lipinski definition) is 6. The molecule has 3 aromatic carbocycles. The molecule has 0 unspecified atom stereocenters. The molecule has 0 aliphatic carbocycles. The predicted molar refractivity (Wildman–Crippen MR) is 154 cm³/mol. The predicted octanol–water partition coefficient (Wildman–Crippen LogP) is 5.10. The van der Waals surface area contributed by atoms with Crippen LogP contribution in [0.3, 0.4) is 0 Å². The molecular weight excluding hydrogens is 506 g/mol. The highest BCUT2D eigenvalue weighted by atomic mass is 16.5. The molecule has 0 bridgehead atoms. The number of unbranched alkanes of at least 4 members (excludes halogenated alkanes) is 1. The van der Waals surface area contributed by atoms with Crippen molar-refractivity contribution in [3.8, 4) is 40.0 Å². The van der Waals surface area contributed by atoms with Crippen LogP contribution in [0.5, 0.6) is 11.5 Å². The fourth-order valence-corrected chi connectivity index (χ4v) is 4.26. The van der Waals surface area contributed by atoms with Gasteiger partial charge in [-0.1, -0.05) is 31.5 Å². The molecule has 0 radical (unpaired) electrons. The van der Waals surface area contributed by atoms with Gasteiger partial charge in [0.15, 0.2) is 11.6 Å². The van der Waals surface area contributed by atoms with Crippen LogP contribution in [0, 0.1) is 0 Å². The SMILES string of the molecule is CCCCOc1ccc(-c2nnc(-c3ccc(OCCCn4ccc(=O)[nH]c4=O)cc3)n2-c2ccccc2)cc1. The highest BCUT2D eigenvalue weighted by molar-refractivity contribution is 5.67. The Morgan fingerprint density at radius 2 is 1.30 bits per heavy atom. The van der Waals surface area contributed by atoms with Gasteiger partial charge >= 0.3 is 5.69 Å². The zero-order valence-corrected chi connectivity index (χ0v) is 22.3. The second-order valence-corrected chi connectivity index (χ2v) is 9.27. The summed E-state index contributed by atoms with van der Waals surface area (Å²) in [4.78, 5) is 25.3. The molecule has 1 N–H and O–H groups in total. The van der Waals surface area contributed by atoms with E-state index in [1.165, 1.54) is 16.8 Å². The minimum absolute atomic E-state index is 0.405. The van der Waals surface area contributed by atoms with Crippen LogP contribution in [-0.4, -0.2) is 37.5 Å². The molecule has 9 heteroatoms. The smallest absolute Gasteiger partial charge is 0.328 e. The number of ether oxygens (including phenoxy) is 2. The molecule has 0 amide bonds. The lowest BCUT2D eigenvalue weighted by Gasteiger charge is -2.12. The number of rotatable bonds is 12. The number of benzene rings is 3. The van der Waals surface area contributed by atoms with Gasteiger partial charge in [-0.2, -0.15) is 0 Å². The Kier molecular flexibility index (Phi) is 8.50. The van der Waals surface area contributed by atoms with Gasteiger partial charge in [0.1, 0.15) is 11.5 Å². The third-order valence-corrected chi connectivity index (χ3v) is 6.38. The third kappa shape index (κ3) is 6.37. The molecule has 0 fully saturated rings. The third-order valence-electron chi connectivity index (χ3n) is 6.38. The molecule has 2 heterocycles. The van der Waals surface area contributed by atoms with E-state index in [4.69, 9.17) is 9.47 Å². The van der Waals surface area contributed by atoms with Crippen molar-refractivity contribution < 1.29 is 9.47 Å². The Hall–Kier alpha value is -4.92. The molecule has 0 atom stereocenters. The van der Waals surface area contributed by atoms with E-state index in [1.807, 2.05) is 83.4 Å². The van der Waals surface area contributed by atoms with Gasteiger partial charge in [0, 0.05) is 35.6 Å². The van der Waals surface area contributed by atoms with E-state index >= 15 is 0 Å². The lowest BCUT2D eigenvalue weighted by atomic mass is 10.1. The van der Waals surface area contributed by atoms with Gasteiger partial charge in [-0.3, -0.25) is 14.3 Å². The first-order valence-corrected chi connectivity index (χ1v) is 13.4. The topological polar surface area (TPSA) is 104 Å². The number of nitrogens with one attached hydrogen (secondary N) is 1. The summed E-state index contributed by atoms with van der Waals surface area (Å²) in [6.45, 7) is 3.72. The largest absolute Gasteiger partial charge is 0.494 e. The van der Waals surface area contributed by atoms with Crippen LogP contribution >= 0.6 is 0 Å². The van der Waals surface area contributed by atoms with E-state index < -0.39 is 11.2 Å². The highest BCUT2D eigenvalue weighted by Crippen LogP contribution is 2.30. The van der Waals surface area contributed by atoms with Gasteiger partial charge in [0.05, 0.1) is 13.2 Å². The number of aromatic amines is 1. The van der Waals surface area contributed by atoms with E-state index in [0.29, 0.717) is 37.8 Å². The molecule has 0 spiro atoms. The fourth-order valence-electron chi connectivity index (χ4n) is 4.26. The number of nitrogens with zero attached hydrogens (tertiary/aromatic N) is 4. The van der Waals surface area contributed by atoms with E-state index in [-0.39, 0.29) is 0 Å². The van der Waals surface area contributed by atoms with Crippen molar-refractivity contribution in [1.29, 1.82) is 0 Å². The summed E-state index contributed by atoms with van der Waals surface area (Å²) >= 11 is 0. The van der Waals surface area contributed by atoms with Crippen molar-refractivity contribution in [1.82, 2.24) is 24.3 Å². The number of hydrogen-bond donors (Lipinski definition) is 1. The molecule has 9 nitrogen and oxygen atoms in total. The molecule has 5 aromatic rings. The zero-order chi connectivity index (χ0) is 27.7. The maximum absolute atomic E-state index is 11.8. The van der Waals surface area contributed by atoms with Gasteiger partial charge in [-0.15, -0.1) is 10.2 Å². The first-order chi connectivity index (χ1) is 19.6. The molecule has 40 heavy (non-hydrogen) atoms. The average Bonchev–Trinajstić information content (AvgIpc) is 3.43. The van der Waals surface area contributed by atoms with Crippen molar-refractivity contribution in [2.75, 3.05) is 13.2 Å². The molecule has 5 rings (SSSR count). The van der Waals surface area contributed by atoms with E-state index in [2.05, 4.69) is 22.1 Å². The van der Waals surface area contributed by atoms with Crippen molar-refractivity contribution in [2.45, 2.75) is 32.7 Å². The maximum atomic E-state index is 11.8. The van der Waals surface area contributed by atoms with Gasteiger partial charge in [-0.25, -0.2) is 4.79 Å². The van der Waals surface area contributed by atoms with Gasteiger partial charge in [-0.05, 0) is 73.5 Å². The summed E-state index contributed by atoms with van der Waals surface area (Å²) in [5.41, 5.74) is 1.97. The van der Waals surface area contributed by atoms with Crippen LogP contribution in [0.1, 0.15) is 26.2 Å². The first-order valence-electron chi connectivity index (χ1n) is 13.4. The van der Waals surface area contributed by atoms with Crippen LogP contribution < -0.4 is 20.7 Å². The van der Waals surface area contributed by atoms with Crippen molar-refractivity contribution in [2.24, 2.45) is 0 Å². The number of H-pyrrole nitrogens is 1. The van der Waals surface area contributed by atoms with Gasteiger partial charge in [0.25, 0.3) is 5.56 Å². The highest BCUT2D eigenvalue weighted by Gasteiger charge is 2.17. The van der Waals surface area contributed by atoms with Crippen LogP contribution in [0.15, 0.2) is 101 Å². The molecule has 0 aliphatic heterocycles. The van der Waals surface area contributed by atoms with Crippen LogP contribution in [0.4, 0.5) is 0 Å². The van der Waals surface area contributed by atoms with Gasteiger partial charge < -0.3 is 14.0 Å².